The number of fused-ring (bicyclic) bond motifs is 1. The predicted octanol–water partition coefficient (Wildman–Crippen LogP) is 1.83. The van der Waals surface area contributed by atoms with Gasteiger partial charge in [0.15, 0.2) is 12.2 Å². The van der Waals surface area contributed by atoms with Gasteiger partial charge < -0.3 is 11.1 Å². The molecule has 5 nitrogen and oxygen atoms in total. The van der Waals surface area contributed by atoms with Crippen LogP contribution >= 0.6 is 0 Å². The Bertz CT molecular complexity index is 603. The Hall–Kier alpha value is -1.88. The minimum Gasteiger partial charge on any atom is -0.370 e. The van der Waals surface area contributed by atoms with Crippen molar-refractivity contribution in [3.05, 3.63) is 34.9 Å². The van der Waals surface area contributed by atoms with Crippen LogP contribution in [-0.4, -0.2) is 18.1 Å². The molecule has 2 unspecified atom stereocenters. The number of amidine groups is 1. The molecule has 0 saturated heterocycles. The minimum absolute atomic E-state index is 0.292. The molecule has 0 fully saturated rings. The van der Waals surface area contributed by atoms with Crippen LogP contribution in [0.1, 0.15) is 43.0 Å². The summed E-state index contributed by atoms with van der Waals surface area (Å²) in [6.45, 7) is 6.32. The van der Waals surface area contributed by atoms with Crippen LogP contribution in [0.2, 0.25) is 0 Å². The third-order valence-electron chi connectivity index (χ3n) is 4.06. The molecule has 0 aromatic heterocycles. The standard InChI is InChI=1S/C16H23N5/c1-9(2)14-19-15(17)21-16(20-14)18-13-7-6-11-5-4-10(3)8-12(11)13/h4-5,8-9,13,16,18H,6-7H2,1-3H3,(H3,17,19,20,21). The summed E-state index contributed by atoms with van der Waals surface area (Å²) in [7, 11) is 0. The molecule has 112 valence electrons. The second-order valence-corrected chi connectivity index (χ2v) is 6.14. The number of aliphatic imine (C=N–C) groups is 2. The molecule has 0 bridgehead atoms. The highest BCUT2D eigenvalue weighted by atomic mass is 15.3. The summed E-state index contributed by atoms with van der Waals surface area (Å²) in [5.74, 6) is 1.64. The molecule has 1 aromatic carbocycles. The Morgan fingerprint density at radius 1 is 1.33 bits per heavy atom. The van der Waals surface area contributed by atoms with Gasteiger partial charge in [0.25, 0.3) is 0 Å². The first-order chi connectivity index (χ1) is 10.0. The lowest BCUT2D eigenvalue weighted by Gasteiger charge is -2.24. The van der Waals surface area contributed by atoms with E-state index in [4.69, 9.17) is 5.73 Å². The largest absolute Gasteiger partial charge is 0.370 e. The molecule has 1 aliphatic heterocycles. The van der Waals surface area contributed by atoms with E-state index in [0.717, 1.165) is 18.7 Å². The van der Waals surface area contributed by atoms with Crippen LogP contribution in [0.3, 0.4) is 0 Å². The highest BCUT2D eigenvalue weighted by molar-refractivity contribution is 6.01. The summed E-state index contributed by atoms with van der Waals surface area (Å²) in [6, 6.07) is 6.98. The smallest absolute Gasteiger partial charge is 0.199 e. The quantitative estimate of drug-likeness (QED) is 0.793. The first kappa shape index (κ1) is 14.1. The third-order valence-corrected chi connectivity index (χ3v) is 4.06. The van der Waals surface area contributed by atoms with Gasteiger partial charge in [-0.15, -0.1) is 0 Å². The van der Waals surface area contributed by atoms with E-state index < -0.39 is 0 Å². The predicted molar refractivity (Wildman–Crippen MR) is 86.2 cm³/mol. The molecule has 2 aliphatic rings. The van der Waals surface area contributed by atoms with Gasteiger partial charge >= 0.3 is 0 Å². The average molecular weight is 285 g/mol. The summed E-state index contributed by atoms with van der Waals surface area (Å²) in [6.07, 6.45) is 1.91. The van der Waals surface area contributed by atoms with E-state index in [1.165, 1.54) is 16.7 Å². The van der Waals surface area contributed by atoms with Crippen LogP contribution < -0.4 is 16.4 Å². The number of nitrogens with zero attached hydrogens (tertiary/aromatic N) is 2. The number of nitrogens with two attached hydrogens (primary N) is 1. The number of aryl methyl sites for hydroxylation is 2. The van der Waals surface area contributed by atoms with E-state index in [-0.39, 0.29) is 6.29 Å². The van der Waals surface area contributed by atoms with Crippen LogP contribution in [0.15, 0.2) is 28.2 Å². The summed E-state index contributed by atoms with van der Waals surface area (Å²) in [5, 5.41) is 6.56. The first-order valence-electron chi connectivity index (χ1n) is 7.56. The fourth-order valence-electron chi connectivity index (χ4n) is 2.93. The van der Waals surface area contributed by atoms with E-state index in [0.29, 0.717) is 17.9 Å². The fourth-order valence-corrected chi connectivity index (χ4v) is 2.93. The lowest BCUT2D eigenvalue weighted by molar-refractivity contribution is 0.446. The zero-order chi connectivity index (χ0) is 15.0. The van der Waals surface area contributed by atoms with Gasteiger partial charge in [0.1, 0.15) is 5.84 Å². The van der Waals surface area contributed by atoms with E-state index in [9.17, 15) is 0 Å². The van der Waals surface area contributed by atoms with Gasteiger partial charge in [-0.25, -0.2) is 9.98 Å². The van der Waals surface area contributed by atoms with Crippen LogP contribution in [0.5, 0.6) is 0 Å². The van der Waals surface area contributed by atoms with Crippen LogP contribution in [-0.2, 0) is 6.42 Å². The van der Waals surface area contributed by atoms with Gasteiger partial charge in [-0.3, -0.25) is 5.32 Å². The number of benzene rings is 1. The normalized spacial score (nSPS) is 24.4. The van der Waals surface area contributed by atoms with Crippen molar-refractivity contribution in [1.82, 2.24) is 10.6 Å². The molecule has 1 aliphatic carbocycles. The molecule has 1 heterocycles. The molecule has 0 amide bonds. The third kappa shape index (κ3) is 2.93. The van der Waals surface area contributed by atoms with Crippen molar-refractivity contribution in [3.8, 4) is 0 Å². The van der Waals surface area contributed by atoms with Crippen molar-refractivity contribution < 1.29 is 0 Å². The summed E-state index contributed by atoms with van der Waals surface area (Å²) >= 11 is 0. The van der Waals surface area contributed by atoms with Crippen molar-refractivity contribution in [2.75, 3.05) is 0 Å². The first-order valence-corrected chi connectivity index (χ1v) is 7.56. The SMILES string of the molecule is Cc1ccc2c(c1)C(NC1N=C(N)NC(C(C)C)=N1)CC2. The molecule has 5 heteroatoms. The van der Waals surface area contributed by atoms with Crippen LogP contribution in [0, 0.1) is 12.8 Å². The zero-order valence-corrected chi connectivity index (χ0v) is 12.9. The Kier molecular flexibility index (Phi) is 3.68. The Balaban J connectivity index is 1.79. The highest BCUT2D eigenvalue weighted by Gasteiger charge is 2.26. The van der Waals surface area contributed by atoms with Crippen molar-refractivity contribution >= 4 is 11.8 Å². The van der Waals surface area contributed by atoms with Crippen molar-refractivity contribution in [1.29, 1.82) is 0 Å². The molecule has 1 aromatic rings. The van der Waals surface area contributed by atoms with Crippen LogP contribution in [0.25, 0.3) is 0 Å². The number of nitrogens with one attached hydrogen (secondary N) is 2. The summed E-state index contributed by atoms with van der Waals surface area (Å²) < 4.78 is 0. The van der Waals surface area contributed by atoms with Crippen molar-refractivity contribution in [2.24, 2.45) is 21.6 Å². The topological polar surface area (TPSA) is 74.8 Å². The highest BCUT2D eigenvalue weighted by Crippen LogP contribution is 2.32. The maximum Gasteiger partial charge on any atom is 0.199 e. The van der Waals surface area contributed by atoms with Gasteiger partial charge in [-0.1, -0.05) is 37.6 Å². The van der Waals surface area contributed by atoms with E-state index in [1.54, 1.807) is 0 Å². The molecular weight excluding hydrogens is 262 g/mol. The molecule has 0 saturated carbocycles. The van der Waals surface area contributed by atoms with Crippen molar-refractivity contribution in [2.45, 2.75) is 45.9 Å². The van der Waals surface area contributed by atoms with Gasteiger partial charge in [-0.2, -0.15) is 0 Å². The second-order valence-electron chi connectivity index (χ2n) is 6.14. The van der Waals surface area contributed by atoms with Gasteiger partial charge in [0.05, 0.1) is 0 Å². The number of guanidine groups is 1. The Morgan fingerprint density at radius 3 is 2.90 bits per heavy atom. The molecule has 4 N–H and O–H groups in total. The number of hydrogen-bond donors (Lipinski definition) is 3. The maximum atomic E-state index is 5.86. The molecule has 0 spiro atoms. The summed E-state index contributed by atoms with van der Waals surface area (Å²) in [5.41, 5.74) is 9.96. The molecule has 2 atom stereocenters. The van der Waals surface area contributed by atoms with Gasteiger partial charge in [-0.05, 0) is 30.9 Å². The molecule has 3 rings (SSSR count). The maximum absolute atomic E-state index is 5.86. The zero-order valence-electron chi connectivity index (χ0n) is 12.9. The van der Waals surface area contributed by atoms with Crippen LogP contribution in [0.4, 0.5) is 0 Å². The Morgan fingerprint density at radius 2 is 2.14 bits per heavy atom. The van der Waals surface area contributed by atoms with Gasteiger partial charge in [0.2, 0.25) is 0 Å². The number of hydrogen-bond acceptors (Lipinski definition) is 5. The number of rotatable bonds is 3. The van der Waals surface area contributed by atoms with E-state index >= 15 is 0 Å². The lowest BCUT2D eigenvalue weighted by atomic mass is 10.1. The molecule has 0 radical (unpaired) electrons. The van der Waals surface area contributed by atoms with E-state index in [1.807, 2.05) is 0 Å². The molecular formula is C16H23N5. The summed E-state index contributed by atoms with van der Waals surface area (Å²) in [4.78, 5) is 8.98. The fraction of sp³-hybridized carbons (Fsp3) is 0.500. The molecule has 21 heavy (non-hydrogen) atoms. The second kappa shape index (κ2) is 5.48. The monoisotopic (exact) mass is 285 g/mol. The van der Waals surface area contributed by atoms with E-state index in [2.05, 4.69) is 59.6 Å². The minimum atomic E-state index is -0.292. The van der Waals surface area contributed by atoms with Gasteiger partial charge in [0, 0.05) is 12.0 Å². The van der Waals surface area contributed by atoms with Crippen molar-refractivity contribution in [3.63, 3.8) is 0 Å². The lowest BCUT2D eigenvalue weighted by Crippen LogP contribution is -2.47. The Labute approximate surface area is 125 Å². The average Bonchev–Trinajstić information content (AvgIpc) is 2.80.